The van der Waals surface area contributed by atoms with Gasteiger partial charge >= 0.3 is 0 Å². The van der Waals surface area contributed by atoms with Gasteiger partial charge in [0, 0.05) is 56.6 Å². The van der Waals surface area contributed by atoms with Crippen molar-refractivity contribution in [3.8, 4) is 0 Å². The molecular formula is C18H30N4O2. The van der Waals surface area contributed by atoms with Crippen LogP contribution in [0.3, 0.4) is 0 Å². The third kappa shape index (κ3) is 4.05. The number of aliphatic hydroxyl groups excluding tert-OH is 1. The van der Waals surface area contributed by atoms with Crippen LogP contribution in [0.15, 0.2) is 6.07 Å². The number of aryl methyl sites for hydroxylation is 2. The SMILES string of the molecule is Cc1cc(C)nc(N2C[C@@H](CN3C[C@@H](C)O[C@@H](C)C3)[C@@H](CO)C2)n1. The number of aromatic nitrogens is 2. The molecule has 4 atom stereocenters. The third-order valence-electron chi connectivity index (χ3n) is 5.05. The number of ether oxygens (including phenoxy) is 1. The maximum Gasteiger partial charge on any atom is 0.225 e. The highest BCUT2D eigenvalue weighted by atomic mass is 16.5. The predicted octanol–water partition coefficient (Wildman–Crippen LogP) is 1.25. The average Bonchev–Trinajstić information content (AvgIpc) is 2.88. The summed E-state index contributed by atoms with van der Waals surface area (Å²) in [6.07, 6.45) is 0.558. The minimum Gasteiger partial charge on any atom is -0.396 e. The molecule has 24 heavy (non-hydrogen) atoms. The van der Waals surface area contributed by atoms with Crippen LogP contribution >= 0.6 is 0 Å². The molecule has 3 rings (SSSR count). The molecule has 6 nitrogen and oxygen atoms in total. The summed E-state index contributed by atoms with van der Waals surface area (Å²) in [5.41, 5.74) is 2.00. The van der Waals surface area contributed by atoms with Crippen LogP contribution in [0.1, 0.15) is 25.2 Å². The summed E-state index contributed by atoms with van der Waals surface area (Å²) in [5.74, 6) is 1.52. The van der Waals surface area contributed by atoms with Crippen molar-refractivity contribution in [3.63, 3.8) is 0 Å². The maximum atomic E-state index is 9.83. The van der Waals surface area contributed by atoms with Gasteiger partial charge in [-0.05, 0) is 39.7 Å². The first-order valence-corrected chi connectivity index (χ1v) is 9.00. The second-order valence-electron chi connectivity index (χ2n) is 7.53. The van der Waals surface area contributed by atoms with Crippen molar-refractivity contribution in [2.24, 2.45) is 11.8 Å². The van der Waals surface area contributed by atoms with Gasteiger partial charge in [-0.3, -0.25) is 4.90 Å². The Kier molecular flexibility index (Phi) is 5.37. The Bertz CT molecular complexity index is 538. The Balaban J connectivity index is 1.68. The van der Waals surface area contributed by atoms with Gasteiger partial charge < -0.3 is 14.7 Å². The average molecular weight is 334 g/mol. The molecule has 2 aliphatic rings. The lowest BCUT2D eigenvalue weighted by Gasteiger charge is -2.37. The molecule has 0 spiro atoms. The molecule has 134 valence electrons. The van der Waals surface area contributed by atoms with E-state index < -0.39 is 0 Å². The highest BCUT2D eigenvalue weighted by Crippen LogP contribution is 2.28. The molecule has 0 unspecified atom stereocenters. The summed E-state index contributed by atoms with van der Waals surface area (Å²) >= 11 is 0. The summed E-state index contributed by atoms with van der Waals surface area (Å²) in [5, 5.41) is 9.83. The van der Waals surface area contributed by atoms with Crippen LogP contribution in [0, 0.1) is 25.7 Å². The molecule has 1 N–H and O–H groups in total. The van der Waals surface area contributed by atoms with Crippen molar-refractivity contribution in [2.45, 2.75) is 39.9 Å². The smallest absolute Gasteiger partial charge is 0.225 e. The molecule has 2 saturated heterocycles. The van der Waals surface area contributed by atoms with Gasteiger partial charge in [0.2, 0.25) is 5.95 Å². The van der Waals surface area contributed by atoms with E-state index in [1.54, 1.807) is 0 Å². The van der Waals surface area contributed by atoms with E-state index in [-0.39, 0.29) is 24.7 Å². The molecule has 0 aromatic carbocycles. The molecule has 1 aromatic rings. The normalized spacial score (nSPS) is 31.6. The standard InChI is InChI=1S/C18H30N4O2/c1-12-5-13(2)20-18(19-12)22-9-16(17(10-22)11-23)8-21-6-14(3)24-15(4)7-21/h5,14-17,23H,6-11H2,1-4H3/t14-,15+,16-,17-/m1/s1. The fourth-order valence-electron chi connectivity index (χ4n) is 4.13. The monoisotopic (exact) mass is 334 g/mol. The van der Waals surface area contributed by atoms with Crippen molar-refractivity contribution in [3.05, 3.63) is 17.5 Å². The van der Waals surface area contributed by atoms with Gasteiger partial charge in [-0.15, -0.1) is 0 Å². The first-order chi connectivity index (χ1) is 11.4. The van der Waals surface area contributed by atoms with E-state index >= 15 is 0 Å². The van der Waals surface area contributed by atoms with E-state index in [1.165, 1.54) is 0 Å². The number of hydrogen-bond acceptors (Lipinski definition) is 6. The quantitative estimate of drug-likeness (QED) is 0.894. The Hall–Kier alpha value is -1.24. The van der Waals surface area contributed by atoms with Gasteiger partial charge in [-0.2, -0.15) is 0 Å². The second-order valence-corrected chi connectivity index (χ2v) is 7.53. The highest BCUT2D eigenvalue weighted by molar-refractivity contribution is 5.34. The van der Waals surface area contributed by atoms with Crippen LogP contribution in [0.4, 0.5) is 5.95 Å². The van der Waals surface area contributed by atoms with Crippen molar-refractivity contribution in [1.29, 1.82) is 0 Å². The van der Waals surface area contributed by atoms with E-state index in [4.69, 9.17) is 4.74 Å². The van der Waals surface area contributed by atoms with Crippen LogP contribution in [-0.2, 0) is 4.74 Å². The number of morpholine rings is 1. The second kappa shape index (κ2) is 7.33. The molecule has 0 amide bonds. The van der Waals surface area contributed by atoms with Gasteiger partial charge in [-0.25, -0.2) is 9.97 Å². The summed E-state index contributed by atoms with van der Waals surface area (Å²) < 4.78 is 5.83. The van der Waals surface area contributed by atoms with Crippen LogP contribution in [-0.4, -0.2) is 71.5 Å². The lowest BCUT2D eigenvalue weighted by molar-refractivity contribution is -0.0725. The number of anilines is 1. The molecule has 0 saturated carbocycles. The van der Waals surface area contributed by atoms with E-state index in [9.17, 15) is 5.11 Å². The first kappa shape index (κ1) is 17.6. The summed E-state index contributed by atoms with van der Waals surface area (Å²) in [6.45, 7) is 13.2. The van der Waals surface area contributed by atoms with E-state index in [1.807, 2.05) is 19.9 Å². The first-order valence-electron chi connectivity index (χ1n) is 9.00. The molecule has 3 heterocycles. The predicted molar refractivity (Wildman–Crippen MR) is 94.2 cm³/mol. The van der Waals surface area contributed by atoms with Gasteiger partial charge in [0.05, 0.1) is 12.2 Å². The molecule has 2 fully saturated rings. The van der Waals surface area contributed by atoms with Crippen molar-refractivity contribution < 1.29 is 9.84 Å². The summed E-state index contributed by atoms with van der Waals surface area (Å²) in [7, 11) is 0. The molecule has 6 heteroatoms. The number of aliphatic hydroxyl groups is 1. The lowest BCUT2D eigenvalue weighted by atomic mass is 9.96. The minimum atomic E-state index is 0.224. The molecule has 0 bridgehead atoms. The summed E-state index contributed by atoms with van der Waals surface area (Å²) in [4.78, 5) is 13.9. The zero-order valence-corrected chi connectivity index (χ0v) is 15.3. The molecule has 0 aliphatic carbocycles. The van der Waals surface area contributed by atoms with Gasteiger partial charge in [0.25, 0.3) is 0 Å². The number of nitrogens with zero attached hydrogens (tertiary/aromatic N) is 4. The van der Waals surface area contributed by atoms with Crippen LogP contribution in [0.25, 0.3) is 0 Å². The fourth-order valence-corrected chi connectivity index (χ4v) is 4.13. The molecule has 0 radical (unpaired) electrons. The Labute approximate surface area is 144 Å². The van der Waals surface area contributed by atoms with E-state index in [0.717, 1.165) is 50.1 Å². The Morgan fingerprint density at radius 3 is 2.21 bits per heavy atom. The van der Waals surface area contributed by atoms with Crippen molar-refractivity contribution in [1.82, 2.24) is 14.9 Å². The lowest BCUT2D eigenvalue weighted by Crippen LogP contribution is -2.48. The Morgan fingerprint density at radius 1 is 1.04 bits per heavy atom. The number of hydrogen-bond donors (Lipinski definition) is 1. The minimum absolute atomic E-state index is 0.224. The maximum absolute atomic E-state index is 9.83. The molecular weight excluding hydrogens is 304 g/mol. The van der Waals surface area contributed by atoms with Gasteiger partial charge in [-0.1, -0.05) is 0 Å². The zero-order chi connectivity index (χ0) is 17.3. The fraction of sp³-hybridized carbons (Fsp3) is 0.778. The highest BCUT2D eigenvalue weighted by Gasteiger charge is 2.36. The topological polar surface area (TPSA) is 61.7 Å². The van der Waals surface area contributed by atoms with Gasteiger partial charge in [0.15, 0.2) is 0 Å². The summed E-state index contributed by atoms with van der Waals surface area (Å²) in [6, 6.07) is 2.00. The molecule has 2 aliphatic heterocycles. The Morgan fingerprint density at radius 2 is 1.62 bits per heavy atom. The largest absolute Gasteiger partial charge is 0.396 e. The van der Waals surface area contributed by atoms with E-state index in [0.29, 0.717) is 5.92 Å². The third-order valence-corrected chi connectivity index (χ3v) is 5.05. The van der Waals surface area contributed by atoms with Crippen molar-refractivity contribution in [2.75, 3.05) is 44.2 Å². The molecule has 1 aromatic heterocycles. The van der Waals surface area contributed by atoms with Crippen molar-refractivity contribution >= 4 is 5.95 Å². The van der Waals surface area contributed by atoms with E-state index in [2.05, 4.69) is 33.6 Å². The van der Waals surface area contributed by atoms with Crippen LogP contribution < -0.4 is 4.90 Å². The van der Waals surface area contributed by atoms with Crippen LogP contribution in [0.2, 0.25) is 0 Å². The zero-order valence-electron chi connectivity index (χ0n) is 15.3. The van der Waals surface area contributed by atoms with Gasteiger partial charge in [0.1, 0.15) is 0 Å². The number of rotatable bonds is 4. The van der Waals surface area contributed by atoms with Crippen LogP contribution in [0.5, 0.6) is 0 Å².